The van der Waals surface area contributed by atoms with Crippen LogP contribution in [0.2, 0.25) is 0 Å². The summed E-state index contributed by atoms with van der Waals surface area (Å²) in [5.41, 5.74) is 5.54. The molecular weight excluding hydrogens is 454 g/mol. The standard InChI is InChI=1S/C26H21N9O/c1-3-18(14-35-17-28-16-32-35)7-22(5-1)33-26-29-11-20-8-23(21-12-30-31-13-21)25(9-24(20)34-26)36-15-19-4-2-6-27-10-19/h1-13,16-17H,14-15H2,(H,30,31)(H,29,33,34). The third-order valence-electron chi connectivity index (χ3n) is 5.60. The molecule has 0 radical (unpaired) electrons. The number of nitrogens with one attached hydrogen (secondary N) is 2. The van der Waals surface area contributed by atoms with Gasteiger partial charge in [-0.25, -0.2) is 19.6 Å². The number of aromatic nitrogens is 8. The fourth-order valence-electron chi connectivity index (χ4n) is 3.89. The van der Waals surface area contributed by atoms with Crippen molar-refractivity contribution in [3.63, 3.8) is 0 Å². The van der Waals surface area contributed by atoms with Crippen LogP contribution in [0.5, 0.6) is 5.75 Å². The molecule has 0 saturated heterocycles. The third-order valence-corrected chi connectivity index (χ3v) is 5.60. The summed E-state index contributed by atoms with van der Waals surface area (Å²) in [7, 11) is 0. The van der Waals surface area contributed by atoms with E-state index < -0.39 is 0 Å². The SMILES string of the molecule is c1cncc(COc2cc3nc(Nc4cccc(Cn5cncn5)c4)ncc3cc2-c2cn[nH]c2)c1. The van der Waals surface area contributed by atoms with Gasteiger partial charge in [0, 0.05) is 58.6 Å². The second kappa shape index (κ2) is 9.63. The molecule has 2 N–H and O–H groups in total. The van der Waals surface area contributed by atoms with E-state index in [4.69, 9.17) is 9.72 Å². The minimum Gasteiger partial charge on any atom is -0.488 e. The summed E-state index contributed by atoms with van der Waals surface area (Å²) in [6, 6.07) is 15.9. The molecule has 0 aliphatic carbocycles. The first-order chi connectivity index (χ1) is 17.8. The zero-order valence-corrected chi connectivity index (χ0v) is 19.1. The summed E-state index contributed by atoms with van der Waals surface area (Å²) in [5, 5.41) is 15.3. The van der Waals surface area contributed by atoms with Crippen molar-refractivity contribution in [3.8, 4) is 16.9 Å². The Hall–Kier alpha value is -5.12. The van der Waals surface area contributed by atoms with Gasteiger partial charge in [0.25, 0.3) is 0 Å². The van der Waals surface area contributed by atoms with E-state index in [1.165, 1.54) is 6.33 Å². The molecule has 4 heterocycles. The van der Waals surface area contributed by atoms with E-state index >= 15 is 0 Å². The Kier molecular flexibility index (Phi) is 5.73. The van der Waals surface area contributed by atoms with Crippen molar-refractivity contribution in [1.82, 2.24) is 39.9 Å². The molecule has 0 unspecified atom stereocenters. The normalized spacial score (nSPS) is 11.0. The van der Waals surface area contributed by atoms with E-state index in [2.05, 4.69) is 35.6 Å². The first-order valence-electron chi connectivity index (χ1n) is 11.3. The molecule has 6 rings (SSSR count). The quantitative estimate of drug-likeness (QED) is 0.333. The van der Waals surface area contributed by atoms with E-state index in [-0.39, 0.29) is 0 Å². The Morgan fingerprint density at radius 3 is 2.78 bits per heavy atom. The number of hydrogen-bond donors (Lipinski definition) is 2. The highest BCUT2D eigenvalue weighted by molar-refractivity contribution is 5.88. The van der Waals surface area contributed by atoms with Crippen LogP contribution in [-0.4, -0.2) is 39.9 Å². The van der Waals surface area contributed by atoms with Gasteiger partial charge in [0.15, 0.2) is 0 Å². The lowest BCUT2D eigenvalue weighted by atomic mass is 10.1. The Bertz CT molecular complexity index is 1580. The van der Waals surface area contributed by atoms with E-state index in [1.807, 2.05) is 54.7 Å². The number of ether oxygens (including phenoxy) is 1. The lowest BCUT2D eigenvalue weighted by Crippen LogP contribution is -2.02. The molecule has 0 saturated carbocycles. The summed E-state index contributed by atoms with van der Waals surface area (Å²) >= 11 is 0. The maximum Gasteiger partial charge on any atom is 0.227 e. The van der Waals surface area contributed by atoms with E-state index in [9.17, 15) is 0 Å². The van der Waals surface area contributed by atoms with Crippen molar-refractivity contribution in [1.29, 1.82) is 0 Å². The average molecular weight is 476 g/mol. The van der Waals surface area contributed by atoms with Crippen molar-refractivity contribution in [2.24, 2.45) is 0 Å². The predicted octanol–water partition coefficient (Wildman–Crippen LogP) is 4.38. The smallest absolute Gasteiger partial charge is 0.227 e. The van der Waals surface area contributed by atoms with Crippen LogP contribution in [0.3, 0.4) is 0 Å². The van der Waals surface area contributed by atoms with Gasteiger partial charge in [-0.2, -0.15) is 10.2 Å². The van der Waals surface area contributed by atoms with Gasteiger partial charge in [-0.15, -0.1) is 0 Å². The maximum atomic E-state index is 6.20. The summed E-state index contributed by atoms with van der Waals surface area (Å²) in [4.78, 5) is 17.4. The molecule has 4 aromatic heterocycles. The van der Waals surface area contributed by atoms with E-state index in [1.54, 1.807) is 35.8 Å². The van der Waals surface area contributed by atoms with Gasteiger partial charge in [-0.05, 0) is 29.8 Å². The minimum atomic E-state index is 0.388. The fourth-order valence-corrected chi connectivity index (χ4v) is 3.89. The van der Waals surface area contributed by atoms with Crippen molar-refractivity contribution < 1.29 is 4.74 Å². The number of benzene rings is 2. The minimum absolute atomic E-state index is 0.388. The number of H-pyrrole nitrogens is 1. The molecule has 0 aliphatic rings. The number of anilines is 2. The van der Waals surface area contributed by atoms with Crippen LogP contribution in [0.4, 0.5) is 11.6 Å². The summed E-state index contributed by atoms with van der Waals surface area (Å²) in [5.74, 6) is 1.20. The largest absolute Gasteiger partial charge is 0.488 e. The first-order valence-corrected chi connectivity index (χ1v) is 11.3. The van der Waals surface area contributed by atoms with E-state index in [0.29, 0.717) is 24.8 Å². The number of hydrogen-bond acceptors (Lipinski definition) is 8. The number of fused-ring (bicyclic) bond motifs is 1. The van der Waals surface area contributed by atoms with Gasteiger partial charge >= 0.3 is 0 Å². The molecule has 0 atom stereocenters. The van der Waals surface area contributed by atoms with Crippen molar-refractivity contribution >= 4 is 22.5 Å². The molecule has 0 bridgehead atoms. The van der Waals surface area contributed by atoms with Crippen LogP contribution < -0.4 is 10.1 Å². The van der Waals surface area contributed by atoms with Gasteiger partial charge in [-0.3, -0.25) is 10.1 Å². The highest BCUT2D eigenvalue weighted by Gasteiger charge is 2.12. The Morgan fingerprint density at radius 2 is 1.94 bits per heavy atom. The van der Waals surface area contributed by atoms with Crippen molar-refractivity contribution in [3.05, 3.63) is 103 Å². The Morgan fingerprint density at radius 1 is 0.972 bits per heavy atom. The van der Waals surface area contributed by atoms with Gasteiger partial charge in [-0.1, -0.05) is 18.2 Å². The first kappa shape index (κ1) is 21.4. The van der Waals surface area contributed by atoms with E-state index in [0.717, 1.165) is 38.8 Å². The van der Waals surface area contributed by atoms with Crippen LogP contribution in [0.15, 0.2) is 92.2 Å². The molecule has 0 spiro atoms. The molecule has 10 nitrogen and oxygen atoms in total. The molecule has 36 heavy (non-hydrogen) atoms. The summed E-state index contributed by atoms with van der Waals surface area (Å²) < 4.78 is 7.98. The second-order valence-corrected chi connectivity index (χ2v) is 8.16. The maximum absolute atomic E-state index is 6.20. The molecule has 2 aromatic carbocycles. The lowest BCUT2D eigenvalue weighted by Gasteiger charge is -2.13. The monoisotopic (exact) mass is 475 g/mol. The summed E-state index contributed by atoms with van der Waals surface area (Å²) in [6.45, 7) is 1.02. The van der Waals surface area contributed by atoms with Crippen LogP contribution in [0.25, 0.3) is 22.0 Å². The van der Waals surface area contributed by atoms with Crippen molar-refractivity contribution in [2.75, 3.05) is 5.32 Å². The zero-order valence-electron chi connectivity index (χ0n) is 19.1. The number of pyridine rings is 1. The Balaban J connectivity index is 1.29. The predicted molar refractivity (Wildman–Crippen MR) is 135 cm³/mol. The highest BCUT2D eigenvalue weighted by atomic mass is 16.5. The topological polar surface area (TPSA) is 119 Å². The highest BCUT2D eigenvalue weighted by Crippen LogP contribution is 2.34. The van der Waals surface area contributed by atoms with Crippen molar-refractivity contribution in [2.45, 2.75) is 13.2 Å². The molecule has 6 aromatic rings. The molecule has 176 valence electrons. The molecule has 10 heteroatoms. The second-order valence-electron chi connectivity index (χ2n) is 8.16. The Labute approximate surface area is 206 Å². The number of rotatable bonds is 8. The van der Waals surface area contributed by atoms with Gasteiger partial charge in [0.1, 0.15) is 25.0 Å². The number of nitrogens with zero attached hydrogens (tertiary/aromatic N) is 7. The van der Waals surface area contributed by atoms with Crippen LogP contribution >= 0.6 is 0 Å². The van der Waals surface area contributed by atoms with Gasteiger partial charge in [0.05, 0.1) is 18.3 Å². The molecule has 0 aliphatic heterocycles. The van der Waals surface area contributed by atoms with Crippen LogP contribution in [-0.2, 0) is 13.2 Å². The van der Waals surface area contributed by atoms with Crippen LogP contribution in [0.1, 0.15) is 11.1 Å². The summed E-state index contributed by atoms with van der Waals surface area (Å²) in [6.07, 6.45) is 12.2. The number of aromatic amines is 1. The lowest BCUT2D eigenvalue weighted by molar-refractivity contribution is 0.307. The molecule has 0 fully saturated rings. The zero-order chi connectivity index (χ0) is 24.2. The molecule has 0 amide bonds. The van der Waals surface area contributed by atoms with Gasteiger partial charge in [0.2, 0.25) is 5.95 Å². The fraction of sp³-hybridized carbons (Fsp3) is 0.0769. The van der Waals surface area contributed by atoms with Crippen LogP contribution in [0, 0.1) is 0 Å². The average Bonchev–Trinajstić information content (AvgIpc) is 3.63. The van der Waals surface area contributed by atoms with Gasteiger partial charge < -0.3 is 10.1 Å². The molecular formula is C26H21N9O. The third kappa shape index (κ3) is 4.73.